The lowest BCUT2D eigenvalue weighted by molar-refractivity contribution is 0.0926. The highest BCUT2D eigenvalue weighted by Crippen LogP contribution is 2.24. The van der Waals surface area contributed by atoms with Crippen molar-refractivity contribution in [3.8, 4) is 0 Å². The summed E-state index contributed by atoms with van der Waals surface area (Å²) in [6.45, 7) is 1.69. The highest BCUT2D eigenvalue weighted by Gasteiger charge is 2.25. The third-order valence-electron chi connectivity index (χ3n) is 4.72. The molecule has 1 aromatic heterocycles. The van der Waals surface area contributed by atoms with Crippen LogP contribution in [0.4, 0.5) is 10.4 Å². The summed E-state index contributed by atoms with van der Waals surface area (Å²) in [6.07, 6.45) is 0.457. The second kappa shape index (κ2) is 9.09. The molecule has 1 N–H and O–H groups in total. The van der Waals surface area contributed by atoms with Gasteiger partial charge in [-0.05, 0) is 17.7 Å². The quantitative estimate of drug-likeness (QED) is 0.668. The highest BCUT2D eigenvalue weighted by atomic mass is 32.2. The Hall–Kier alpha value is -2.87. The maximum absolute atomic E-state index is 14.0. The predicted octanol–water partition coefficient (Wildman–Crippen LogP) is 3.48. The van der Waals surface area contributed by atoms with Crippen LogP contribution in [0.2, 0.25) is 0 Å². The fraction of sp³-hybridized carbons (Fsp3) is 0.286. The van der Waals surface area contributed by atoms with Gasteiger partial charge in [0, 0.05) is 31.0 Å². The van der Waals surface area contributed by atoms with Gasteiger partial charge in [0.2, 0.25) is 5.89 Å². The van der Waals surface area contributed by atoms with E-state index in [9.17, 15) is 9.18 Å². The Labute approximate surface area is 172 Å². The first kappa shape index (κ1) is 19.4. The Bertz CT molecular complexity index is 960. The molecule has 1 saturated heterocycles. The van der Waals surface area contributed by atoms with Gasteiger partial charge < -0.3 is 14.6 Å². The second-order valence-electron chi connectivity index (χ2n) is 6.72. The lowest BCUT2D eigenvalue weighted by Gasteiger charge is -2.24. The summed E-state index contributed by atoms with van der Waals surface area (Å²) in [7, 11) is 0. The normalized spacial score (nSPS) is 15.1. The molecule has 0 bridgehead atoms. The Morgan fingerprint density at radius 2 is 1.83 bits per heavy atom. The molecule has 4 rings (SSSR count). The zero-order valence-electron chi connectivity index (χ0n) is 15.8. The molecule has 0 radical (unpaired) electrons. The number of carbonyl (C=O) groups is 1. The third kappa shape index (κ3) is 4.76. The van der Waals surface area contributed by atoms with Gasteiger partial charge in [0.25, 0.3) is 5.91 Å². The molecule has 29 heavy (non-hydrogen) atoms. The van der Waals surface area contributed by atoms with Gasteiger partial charge in [-0.2, -0.15) is 11.8 Å². The van der Waals surface area contributed by atoms with Crippen molar-refractivity contribution < 1.29 is 13.6 Å². The number of amides is 1. The molecule has 0 unspecified atom stereocenters. The maximum Gasteiger partial charge on any atom is 0.318 e. The zero-order chi connectivity index (χ0) is 20.1. The monoisotopic (exact) mass is 412 g/mol. The summed E-state index contributed by atoms with van der Waals surface area (Å²) >= 11 is 1.89. The topological polar surface area (TPSA) is 71.3 Å². The molecule has 0 saturated carbocycles. The van der Waals surface area contributed by atoms with Crippen molar-refractivity contribution in [3.05, 3.63) is 77.4 Å². The summed E-state index contributed by atoms with van der Waals surface area (Å²) in [5, 5.41) is 11.2. The van der Waals surface area contributed by atoms with Crippen molar-refractivity contribution in [3.63, 3.8) is 0 Å². The molecule has 1 amide bonds. The lowest BCUT2D eigenvalue weighted by atomic mass is 10.1. The van der Waals surface area contributed by atoms with Gasteiger partial charge in [-0.3, -0.25) is 4.79 Å². The average molecular weight is 412 g/mol. The van der Waals surface area contributed by atoms with Crippen molar-refractivity contribution in [1.82, 2.24) is 15.5 Å². The molecule has 2 heterocycles. The first-order valence-corrected chi connectivity index (χ1v) is 10.6. The van der Waals surface area contributed by atoms with E-state index in [1.165, 1.54) is 12.1 Å². The zero-order valence-corrected chi connectivity index (χ0v) is 16.6. The van der Waals surface area contributed by atoms with E-state index in [4.69, 9.17) is 4.42 Å². The van der Waals surface area contributed by atoms with Gasteiger partial charge >= 0.3 is 6.01 Å². The SMILES string of the molecule is O=C(N[C@H](Cc1ccccc1)c1nnc(N2CCSCC2)o1)c1ccccc1F. The van der Waals surface area contributed by atoms with Gasteiger partial charge in [0.05, 0.1) is 5.56 Å². The Kier molecular flexibility index (Phi) is 6.09. The average Bonchev–Trinajstić information content (AvgIpc) is 3.25. The number of halogens is 1. The predicted molar refractivity (Wildman–Crippen MR) is 111 cm³/mol. The maximum atomic E-state index is 14.0. The van der Waals surface area contributed by atoms with E-state index in [0.29, 0.717) is 18.3 Å². The van der Waals surface area contributed by atoms with Crippen LogP contribution in [0.3, 0.4) is 0 Å². The standard InChI is InChI=1S/C21H21FN4O2S/c22-17-9-5-4-8-16(17)19(27)23-18(14-15-6-2-1-3-7-15)20-24-25-21(28-20)26-10-12-29-13-11-26/h1-9,18H,10-14H2,(H,23,27)/t18-/m1/s1. The Morgan fingerprint density at radius 1 is 1.10 bits per heavy atom. The van der Waals surface area contributed by atoms with Gasteiger partial charge in [0.1, 0.15) is 11.9 Å². The summed E-state index contributed by atoms with van der Waals surface area (Å²) in [4.78, 5) is 14.7. The van der Waals surface area contributed by atoms with Crippen LogP contribution in [0.5, 0.6) is 0 Å². The molecule has 8 heteroatoms. The van der Waals surface area contributed by atoms with Gasteiger partial charge in [0.15, 0.2) is 0 Å². The summed E-state index contributed by atoms with van der Waals surface area (Å²) in [6, 6.07) is 15.5. The van der Waals surface area contributed by atoms with Crippen LogP contribution in [0, 0.1) is 5.82 Å². The Balaban J connectivity index is 1.57. The number of anilines is 1. The molecule has 1 aliphatic heterocycles. The number of carbonyl (C=O) groups excluding carboxylic acids is 1. The Morgan fingerprint density at radius 3 is 2.59 bits per heavy atom. The van der Waals surface area contributed by atoms with E-state index in [-0.39, 0.29) is 5.56 Å². The van der Waals surface area contributed by atoms with Gasteiger partial charge in [-0.25, -0.2) is 4.39 Å². The molecule has 1 atom stereocenters. The van der Waals surface area contributed by atoms with Gasteiger partial charge in [-0.15, -0.1) is 5.10 Å². The number of hydrogen-bond donors (Lipinski definition) is 1. The second-order valence-corrected chi connectivity index (χ2v) is 7.94. The smallest absolute Gasteiger partial charge is 0.318 e. The summed E-state index contributed by atoms with van der Waals surface area (Å²) < 4.78 is 20.0. The lowest BCUT2D eigenvalue weighted by Crippen LogP contribution is -2.32. The molecular formula is C21H21FN4O2S. The van der Waals surface area contributed by atoms with E-state index < -0.39 is 17.8 Å². The molecule has 0 spiro atoms. The van der Waals surface area contributed by atoms with Crippen molar-refractivity contribution in [1.29, 1.82) is 0 Å². The van der Waals surface area contributed by atoms with Crippen molar-refractivity contribution in [2.75, 3.05) is 29.5 Å². The van der Waals surface area contributed by atoms with Crippen LogP contribution in [0.15, 0.2) is 59.0 Å². The first-order chi connectivity index (χ1) is 14.2. The highest BCUT2D eigenvalue weighted by molar-refractivity contribution is 7.99. The van der Waals surface area contributed by atoms with E-state index >= 15 is 0 Å². The third-order valence-corrected chi connectivity index (χ3v) is 5.66. The van der Waals surface area contributed by atoms with Crippen LogP contribution in [0.1, 0.15) is 27.9 Å². The number of thioether (sulfide) groups is 1. The van der Waals surface area contributed by atoms with E-state index in [0.717, 1.165) is 30.2 Å². The van der Waals surface area contributed by atoms with Crippen molar-refractivity contribution in [2.24, 2.45) is 0 Å². The minimum absolute atomic E-state index is 0.0154. The fourth-order valence-corrected chi connectivity index (χ4v) is 4.08. The molecule has 2 aromatic carbocycles. The largest absolute Gasteiger partial charge is 0.406 e. The van der Waals surface area contributed by atoms with Crippen LogP contribution in [-0.4, -0.2) is 40.7 Å². The number of nitrogens with zero attached hydrogens (tertiary/aromatic N) is 3. The van der Waals surface area contributed by atoms with Crippen LogP contribution >= 0.6 is 11.8 Å². The minimum Gasteiger partial charge on any atom is -0.406 e. The van der Waals surface area contributed by atoms with Crippen LogP contribution < -0.4 is 10.2 Å². The number of nitrogens with one attached hydrogen (secondary N) is 1. The van der Waals surface area contributed by atoms with Crippen LogP contribution in [0.25, 0.3) is 0 Å². The number of rotatable bonds is 6. The van der Waals surface area contributed by atoms with Crippen LogP contribution in [-0.2, 0) is 6.42 Å². The summed E-state index contributed by atoms with van der Waals surface area (Å²) in [5.41, 5.74) is 0.985. The van der Waals surface area contributed by atoms with E-state index in [1.54, 1.807) is 12.1 Å². The van der Waals surface area contributed by atoms with Crippen molar-refractivity contribution >= 4 is 23.7 Å². The molecule has 1 fully saturated rings. The molecule has 150 valence electrons. The number of hydrogen-bond acceptors (Lipinski definition) is 6. The molecule has 0 aliphatic carbocycles. The number of aromatic nitrogens is 2. The van der Waals surface area contributed by atoms with Crippen molar-refractivity contribution in [2.45, 2.75) is 12.5 Å². The molecular weight excluding hydrogens is 391 g/mol. The first-order valence-electron chi connectivity index (χ1n) is 9.46. The summed E-state index contributed by atoms with van der Waals surface area (Å²) in [5.74, 6) is 1.25. The fourth-order valence-electron chi connectivity index (χ4n) is 3.18. The van der Waals surface area contributed by atoms with E-state index in [2.05, 4.69) is 15.5 Å². The minimum atomic E-state index is -0.569. The number of benzene rings is 2. The molecule has 3 aromatic rings. The molecule has 1 aliphatic rings. The van der Waals surface area contributed by atoms with E-state index in [1.807, 2.05) is 47.0 Å². The van der Waals surface area contributed by atoms with Gasteiger partial charge in [-0.1, -0.05) is 47.6 Å². The molecule has 6 nitrogen and oxygen atoms in total.